The van der Waals surface area contributed by atoms with Crippen molar-refractivity contribution < 1.29 is 9.59 Å². The van der Waals surface area contributed by atoms with E-state index in [1.807, 2.05) is 30.0 Å². The van der Waals surface area contributed by atoms with Crippen LogP contribution in [0.2, 0.25) is 0 Å². The first-order chi connectivity index (χ1) is 11.0. The number of nitrogens with one attached hydrogen (secondary N) is 1. The molecule has 0 spiro atoms. The minimum absolute atomic E-state index is 0.00539. The summed E-state index contributed by atoms with van der Waals surface area (Å²) >= 11 is 3.46. The monoisotopic (exact) mass is 380 g/mol. The van der Waals surface area contributed by atoms with E-state index in [4.69, 9.17) is 0 Å². The molecule has 0 atom stereocenters. The summed E-state index contributed by atoms with van der Waals surface area (Å²) in [6.45, 7) is 5.48. The van der Waals surface area contributed by atoms with Crippen LogP contribution in [0.3, 0.4) is 0 Å². The fourth-order valence-corrected chi connectivity index (χ4v) is 3.09. The molecule has 1 aliphatic heterocycles. The number of carbonyl (C=O) groups is 2. The summed E-state index contributed by atoms with van der Waals surface area (Å²) in [5.74, 6) is 0.288. The second-order valence-corrected chi connectivity index (χ2v) is 7.07. The molecule has 1 heterocycles. The van der Waals surface area contributed by atoms with Crippen molar-refractivity contribution in [2.75, 3.05) is 18.4 Å². The first-order valence-electron chi connectivity index (χ1n) is 8.36. The number of benzene rings is 1. The molecule has 1 saturated heterocycles. The predicted molar refractivity (Wildman–Crippen MR) is 96.3 cm³/mol. The Hall–Kier alpha value is -1.36. The van der Waals surface area contributed by atoms with E-state index < -0.39 is 0 Å². The molecule has 0 bridgehead atoms. The average Bonchev–Trinajstić information content (AvgIpc) is 2.56. The van der Waals surface area contributed by atoms with Gasteiger partial charge in [0.1, 0.15) is 0 Å². The molecule has 126 valence electrons. The molecule has 1 aromatic rings. The lowest BCUT2D eigenvalue weighted by atomic mass is 9.95. The Morgan fingerprint density at radius 1 is 1.30 bits per heavy atom. The number of unbranched alkanes of at least 4 members (excludes halogenated alkanes) is 1. The standard InChI is InChI=1S/C18H25BrN2O2/c1-3-4-5-17(22)21-10-8-14(9-11-21)18(23)20-15-6-7-16(19)13(2)12-15/h6-7,12,14H,3-5,8-11H2,1-2H3,(H,20,23). The van der Waals surface area contributed by atoms with Crippen LogP contribution in [0.15, 0.2) is 22.7 Å². The van der Waals surface area contributed by atoms with Gasteiger partial charge in [0, 0.05) is 35.6 Å². The van der Waals surface area contributed by atoms with Gasteiger partial charge in [-0.05, 0) is 49.9 Å². The van der Waals surface area contributed by atoms with E-state index in [9.17, 15) is 9.59 Å². The molecule has 4 nitrogen and oxygen atoms in total. The topological polar surface area (TPSA) is 49.4 Å². The molecule has 1 fully saturated rings. The van der Waals surface area contributed by atoms with Crippen LogP contribution in [-0.2, 0) is 9.59 Å². The van der Waals surface area contributed by atoms with E-state index in [-0.39, 0.29) is 17.7 Å². The fourth-order valence-electron chi connectivity index (χ4n) is 2.84. The average molecular weight is 381 g/mol. The minimum atomic E-state index is -0.00539. The van der Waals surface area contributed by atoms with Crippen LogP contribution in [0, 0.1) is 12.8 Å². The lowest BCUT2D eigenvalue weighted by Gasteiger charge is -2.31. The van der Waals surface area contributed by atoms with E-state index in [1.165, 1.54) is 0 Å². The zero-order chi connectivity index (χ0) is 16.8. The van der Waals surface area contributed by atoms with Crippen molar-refractivity contribution in [3.8, 4) is 0 Å². The van der Waals surface area contributed by atoms with Crippen LogP contribution < -0.4 is 5.32 Å². The number of piperidine rings is 1. The van der Waals surface area contributed by atoms with Crippen LogP contribution >= 0.6 is 15.9 Å². The van der Waals surface area contributed by atoms with Crippen molar-refractivity contribution >= 4 is 33.4 Å². The van der Waals surface area contributed by atoms with Gasteiger partial charge >= 0.3 is 0 Å². The molecule has 23 heavy (non-hydrogen) atoms. The predicted octanol–water partition coefficient (Wildman–Crippen LogP) is 4.12. The number of anilines is 1. The molecular formula is C18H25BrN2O2. The SMILES string of the molecule is CCCCC(=O)N1CCC(C(=O)Nc2ccc(Br)c(C)c2)CC1. The van der Waals surface area contributed by atoms with Crippen LogP contribution in [-0.4, -0.2) is 29.8 Å². The Bertz CT molecular complexity index is 566. The molecule has 2 rings (SSSR count). The van der Waals surface area contributed by atoms with Gasteiger partial charge in [0.15, 0.2) is 0 Å². The highest BCUT2D eigenvalue weighted by Gasteiger charge is 2.27. The third kappa shape index (κ3) is 5.06. The fraction of sp³-hybridized carbons (Fsp3) is 0.556. The molecule has 1 aliphatic rings. The summed E-state index contributed by atoms with van der Waals surface area (Å²) in [7, 11) is 0. The van der Waals surface area contributed by atoms with Gasteiger partial charge in [0.2, 0.25) is 11.8 Å². The van der Waals surface area contributed by atoms with Gasteiger partial charge in [-0.3, -0.25) is 9.59 Å². The van der Waals surface area contributed by atoms with Crippen molar-refractivity contribution in [3.63, 3.8) is 0 Å². The largest absolute Gasteiger partial charge is 0.343 e. The quantitative estimate of drug-likeness (QED) is 0.834. The van der Waals surface area contributed by atoms with Crippen LogP contribution in [0.1, 0.15) is 44.6 Å². The number of aryl methyl sites for hydroxylation is 1. The van der Waals surface area contributed by atoms with E-state index >= 15 is 0 Å². The Morgan fingerprint density at radius 3 is 2.61 bits per heavy atom. The van der Waals surface area contributed by atoms with E-state index in [2.05, 4.69) is 28.2 Å². The maximum atomic E-state index is 12.4. The Labute approximate surface area is 146 Å². The number of carbonyl (C=O) groups excluding carboxylic acids is 2. The second-order valence-electron chi connectivity index (χ2n) is 6.21. The Morgan fingerprint density at radius 2 is 2.00 bits per heavy atom. The lowest BCUT2D eigenvalue weighted by Crippen LogP contribution is -2.41. The summed E-state index contributed by atoms with van der Waals surface area (Å²) < 4.78 is 1.04. The zero-order valence-electron chi connectivity index (χ0n) is 13.9. The first-order valence-corrected chi connectivity index (χ1v) is 9.15. The number of nitrogens with zero attached hydrogens (tertiary/aromatic N) is 1. The van der Waals surface area contributed by atoms with E-state index in [0.717, 1.165) is 41.4 Å². The third-order valence-electron chi connectivity index (χ3n) is 4.39. The van der Waals surface area contributed by atoms with Crippen molar-refractivity contribution in [2.45, 2.75) is 46.0 Å². The normalized spacial score (nSPS) is 15.5. The van der Waals surface area contributed by atoms with E-state index in [1.54, 1.807) is 0 Å². The highest BCUT2D eigenvalue weighted by molar-refractivity contribution is 9.10. The van der Waals surface area contributed by atoms with Gasteiger partial charge in [0.05, 0.1) is 0 Å². The summed E-state index contributed by atoms with van der Waals surface area (Å²) in [6.07, 6.45) is 4.11. The lowest BCUT2D eigenvalue weighted by molar-refractivity contribution is -0.134. The molecule has 2 amide bonds. The highest BCUT2D eigenvalue weighted by atomic mass is 79.9. The molecule has 0 aromatic heterocycles. The van der Waals surface area contributed by atoms with Gasteiger partial charge in [-0.2, -0.15) is 0 Å². The summed E-state index contributed by atoms with van der Waals surface area (Å²) in [4.78, 5) is 26.3. The number of rotatable bonds is 5. The van der Waals surface area contributed by atoms with Gasteiger partial charge < -0.3 is 10.2 Å². The van der Waals surface area contributed by atoms with Crippen LogP contribution in [0.4, 0.5) is 5.69 Å². The second kappa shape index (κ2) is 8.48. The number of amides is 2. The maximum Gasteiger partial charge on any atom is 0.227 e. The minimum Gasteiger partial charge on any atom is -0.343 e. The number of hydrogen-bond acceptors (Lipinski definition) is 2. The van der Waals surface area contributed by atoms with Gasteiger partial charge in [-0.15, -0.1) is 0 Å². The van der Waals surface area contributed by atoms with Crippen molar-refractivity contribution in [1.82, 2.24) is 4.90 Å². The molecule has 0 unspecified atom stereocenters. The third-order valence-corrected chi connectivity index (χ3v) is 5.28. The Kier molecular flexibility index (Phi) is 6.63. The van der Waals surface area contributed by atoms with Crippen LogP contribution in [0.25, 0.3) is 0 Å². The maximum absolute atomic E-state index is 12.4. The summed E-state index contributed by atoms with van der Waals surface area (Å²) in [6, 6.07) is 5.81. The van der Waals surface area contributed by atoms with Gasteiger partial charge in [-0.25, -0.2) is 0 Å². The summed E-state index contributed by atoms with van der Waals surface area (Å²) in [5.41, 5.74) is 1.93. The van der Waals surface area contributed by atoms with Crippen LogP contribution in [0.5, 0.6) is 0 Å². The summed E-state index contributed by atoms with van der Waals surface area (Å²) in [5, 5.41) is 2.99. The smallest absolute Gasteiger partial charge is 0.227 e. The highest BCUT2D eigenvalue weighted by Crippen LogP contribution is 2.23. The number of halogens is 1. The zero-order valence-corrected chi connectivity index (χ0v) is 15.5. The van der Waals surface area contributed by atoms with Gasteiger partial charge in [-0.1, -0.05) is 29.3 Å². The molecule has 5 heteroatoms. The molecule has 1 N–H and O–H groups in total. The van der Waals surface area contributed by atoms with Gasteiger partial charge in [0.25, 0.3) is 0 Å². The van der Waals surface area contributed by atoms with E-state index in [0.29, 0.717) is 19.5 Å². The molecular weight excluding hydrogens is 356 g/mol. The molecule has 0 saturated carbocycles. The van der Waals surface area contributed by atoms with Crippen molar-refractivity contribution in [1.29, 1.82) is 0 Å². The first kappa shape index (κ1) is 18.0. The number of likely N-dealkylation sites (tertiary alicyclic amines) is 1. The molecule has 1 aromatic carbocycles. The van der Waals surface area contributed by atoms with Crippen molar-refractivity contribution in [3.05, 3.63) is 28.2 Å². The number of hydrogen-bond donors (Lipinski definition) is 1. The Balaban J connectivity index is 1.83. The molecule has 0 aliphatic carbocycles. The molecule has 0 radical (unpaired) electrons. The van der Waals surface area contributed by atoms with Crippen molar-refractivity contribution in [2.24, 2.45) is 5.92 Å².